The van der Waals surface area contributed by atoms with Crippen LogP contribution in [0.3, 0.4) is 0 Å². The number of rotatable bonds is 5. The van der Waals surface area contributed by atoms with Crippen LogP contribution in [-0.4, -0.2) is 12.6 Å². The zero-order valence-electron chi connectivity index (χ0n) is 11.4. The Morgan fingerprint density at radius 1 is 1.33 bits per heavy atom. The third kappa shape index (κ3) is 3.31. The fraction of sp³-hybridized carbons (Fsp3) is 0.600. The molecule has 1 aliphatic rings. The van der Waals surface area contributed by atoms with Gasteiger partial charge in [-0.1, -0.05) is 20.3 Å². The first kappa shape index (κ1) is 13.1. The number of ether oxygens (including phenoxy) is 1. The number of benzene rings is 1. The lowest BCUT2D eigenvalue weighted by molar-refractivity contribution is 0.317. The molecular weight excluding hydrogens is 224 g/mol. The Balaban J connectivity index is 2.05. The summed E-state index contributed by atoms with van der Waals surface area (Å²) in [6.45, 7) is 5.15. The van der Waals surface area contributed by atoms with Gasteiger partial charge in [-0.05, 0) is 31.2 Å². The zero-order valence-corrected chi connectivity index (χ0v) is 11.4. The van der Waals surface area contributed by atoms with E-state index in [1.165, 1.54) is 19.3 Å². The molecule has 0 amide bonds. The van der Waals surface area contributed by atoms with E-state index in [1.807, 2.05) is 12.1 Å². The summed E-state index contributed by atoms with van der Waals surface area (Å²) >= 11 is 0. The number of hydrogen-bond acceptors (Lipinski definition) is 3. The Kier molecular flexibility index (Phi) is 4.34. The molecule has 0 spiro atoms. The molecule has 0 heterocycles. The molecule has 1 aromatic rings. The molecule has 0 aromatic heterocycles. The van der Waals surface area contributed by atoms with E-state index in [1.54, 1.807) is 0 Å². The van der Waals surface area contributed by atoms with Crippen LogP contribution in [0.4, 0.5) is 11.4 Å². The van der Waals surface area contributed by atoms with Crippen LogP contribution >= 0.6 is 0 Å². The smallest absolute Gasteiger partial charge is 0.123 e. The Hall–Kier alpha value is -1.38. The summed E-state index contributed by atoms with van der Waals surface area (Å²) in [5.41, 5.74) is 7.76. The number of anilines is 2. The number of nitrogens with one attached hydrogen (secondary N) is 1. The first-order valence-electron chi connectivity index (χ1n) is 6.99. The monoisotopic (exact) mass is 248 g/mol. The number of nitrogens with two attached hydrogens (primary N) is 1. The van der Waals surface area contributed by atoms with E-state index < -0.39 is 0 Å². The first-order valence-corrected chi connectivity index (χ1v) is 6.99. The predicted molar refractivity (Wildman–Crippen MR) is 77.1 cm³/mol. The van der Waals surface area contributed by atoms with Gasteiger partial charge in [0.15, 0.2) is 0 Å². The van der Waals surface area contributed by atoms with Crippen molar-refractivity contribution in [1.82, 2.24) is 0 Å². The highest BCUT2D eigenvalue weighted by molar-refractivity contribution is 5.59. The molecule has 2 atom stereocenters. The van der Waals surface area contributed by atoms with Gasteiger partial charge in [0.1, 0.15) is 5.75 Å². The van der Waals surface area contributed by atoms with Crippen molar-refractivity contribution in [2.24, 2.45) is 5.92 Å². The van der Waals surface area contributed by atoms with Crippen molar-refractivity contribution in [3.8, 4) is 5.75 Å². The fourth-order valence-electron chi connectivity index (χ4n) is 2.58. The van der Waals surface area contributed by atoms with E-state index in [0.29, 0.717) is 6.04 Å². The molecule has 1 aromatic carbocycles. The SMILES string of the molecule is CCCOc1cc(N)cc(NC2CCCC2C)c1. The molecule has 2 rings (SSSR count). The minimum atomic E-state index is 0.575. The van der Waals surface area contributed by atoms with E-state index >= 15 is 0 Å². The summed E-state index contributed by atoms with van der Waals surface area (Å²) in [6, 6.07) is 6.51. The zero-order chi connectivity index (χ0) is 13.0. The number of nitrogen functional groups attached to an aromatic ring is 1. The normalized spacial score (nSPS) is 23.0. The quantitative estimate of drug-likeness (QED) is 0.782. The van der Waals surface area contributed by atoms with Crippen molar-refractivity contribution in [3.05, 3.63) is 18.2 Å². The van der Waals surface area contributed by atoms with Crippen LogP contribution in [0, 0.1) is 5.92 Å². The Morgan fingerprint density at radius 2 is 2.17 bits per heavy atom. The van der Waals surface area contributed by atoms with Crippen LogP contribution in [-0.2, 0) is 0 Å². The van der Waals surface area contributed by atoms with Gasteiger partial charge in [0.25, 0.3) is 0 Å². The molecule has 3 nitrogen and oxygen atoms in total. The molecule has 3 heteroatoms. The maximum absolute atomic E-state index is 5.92. The van der Waals surface area contributed by atoms with Gasteiger partial charge in [-0.15, -0.1) is 0 Å². The molecule has 1 saturated carbocycles. The van der Waals surface area contributed by atoms with E-state index in [-0.39, 0.29) is 0 Å². The maximum atomic E-state index is 5.92. The second-order valence-corrected chi connectivity index (χ2v) is 5.30. The first-order chi connectivity index (χ1) is 8.69. The summed E-state index contributed by atoms with van der Waals surface area (Å²) < 4.78 is 5.65. The summed E-state index contributed by atoms with van der Waals surface area (Å²) in [7, 11) is 0. The lowest BCUT2D eigenvalue weighted by Crippen LogP contribution is -2.21. The molecule has 3 N–H and O–H groups in total. The van der Waals surface area contributed by atoms with Gasteiger partial charge in [-0.3, -0.25) is 0 Å². The van der Waals surface area contributed by atoms with E-state index in [9.17, 15) is 0 Å². The van der Waals surface area contributed by atoms with Crippen molar-refractivity contribution in [2.75, 3.05) is 17.7 Å². The van der Waals surface area contributed by atoms with Gasteiger partial charge < -0.3 is 15.8 Å². The fourth-order valence-corrected chi connectivity index (χ4v) is 2.58. The molecule has 0 bridgehead atoms. The van der Waals surface area contributed by atoms with Crippen molar-refractivity contribution >= 4 is 11.4 Å². The van der Waals surface area contributed by atoms with Gasteiger partial charge >= 0.3 is 0 Å². The van der Waals surface area contributed by atoms with Crippen LogP contribution in [0.2, 0.25) is 0 Å². The average Bonchev–Trinajstić information content (AvgIpc) is 2.72. The third-order valence-corrected chi connectivity index (χ3v) is 3.62. The molecule has 100 valence electrons. The Labute approximate surface area is 110 Å². The van der Waals surface area contributed by atoms with Gasteiger partial charge in [0, 0.05) is 29.5 Å². The highest BCUT2D eigenvalue weighted by atomic mass is 16.5. The second kappa shape index (κ2) is 5.98. The maximum Gasteiger partial charge on any atom is 0.123 e. The van der Waals surface area contributed by atoms with E-state index in [0.717, 1.165) is 36.1 Å². The van der Waals surface area contributed by atoms with Crippen LogP contribution < -0.4 is 15.8 Å². The summed E-state index contributed by atoms with van der Waals surface area (Å²) in [6.07, 6.45) is 4.90. The predicted octanol–water partition coefficient (Wildman–Crippen LogP) is 3.66. The lowest BCUT2D eigenvalue weighted by Gasteiger charge is -2.19. The highest BCUT2D eigenvalue weighted by Gasteiger charge is 2.23. The van der Waals surface area contributed by atoms with Gasteiger partial charge in [0.05, 0.1) is 6.61 Å². The molecule has 0 saturated heterocycles. The van der Waals surface area contributed by atoms with Crippen molar-refractivity contribution in [3.63, 3.8) is 0 Å². The van der Waals surface area contributed by atoms with Crippen LogP contribution in [0.15, 0.2) is 18.2 Å². The Morgan fingerprint density at radius 3 is 2.83 bits per heavy atom. The minimum absolute atomic E-state index is 0.575. The van der Waals surface area contributed by atoms with Crippen LogP contribution in [0.1, 0.15) is 39.5 Å². The van der Waals surface area contributed by atoms with Gasteiger partial charge in [-0.2, -0.15) is 0 Å². The standard InChI is InChI=1S/C15H24N2O/c1-3-7-18-14-9-12(16)8-13(10-14)17-15-6-4-5-11(15)2/h8-11,15,17H,3-7,16H2,1-2H3. The topological polar surface area (TPSA) is 47.3 Å². The third-order valence-electron chi connectivity index (χ3n) is 3.62. The highest BCUT2D eigenvalue weighted by Crippen LogP contribution is 2.30. The molecule has 2 unspecified atom stereocenters. The van der Waals surface area contributed by atoms with Crippen molar-refractivity contribution in [2.45, 2.75) is 45.6 Å². The van der Waals surface area contributed by atoms with Gasteiger partial charge in [-0.25, -0.2) is 0 Å². The Bertz CT molecular complexity index is 392. The summed E-state index contributed by atoms with van der Waals surface area (Å²) in [4.78, 5) is 0. The van der Waals surface area contributed by atoms with Crippen LogP contribution in [0.5, 0.6) is 5.75 Å². The summed E-state index contributed by atoms with van der Waals surface area (Å²) in [5, 5.41) is 3.59. The molecule has 0 aliphatic heterocycles. The average molecular weight is 248 g/mol. The summed E-state index contributed by atoms with van der Waals surface area (Å²) in [5.74, 6) is 1.61. The minimum Gasteiger partial charge on any atom is -0.493 e. The molecule has 1 fully saturated rings. The second-order valence-electron chi connectivity index (χ2n) is 5.30. The lowest BCUT2D eigenvalue weighted by atomic mass is 10.1. The van der Waals surface area contributed by atoms with Crippen molar-refractivity contribution < 1.29 is 4.74 Å². The largest absolute Gasteiger partial charge is 0.493 e. The number of hydrogen-bond donors (Lipinski definition) is 2. The van der Waals surface area contributed by atoms with Gasteiger partial charge in [0.2, 0.25) is 0 Å². The van der Waals surface area contributed by atoms with E-state index in [4.69, 9.17) is 10.5 Å². The molecule has 1 aliphatic carbocycles. The van der Waals surface area contributed by atoms with E-state index in [2.05, 4.69) is 25.2 Å². The molecule has 18 heavy (non-hydrogen) atoms. The molecular formula is C15H24N2O. The van der Waals surface area contributed by atoms with Crippen LogP contribution in [0.25, 0.3) is 0 Å². The molecule has 0 radical (unpaired) electrons. The van der Waals surface area contributed by atoms with Crippen molar-refractivity contribution in [1.29, 1.82) is 0 Å².